The second-order valence-electron chi connectivity index (χ2n) is 5.66. The zero-order valence-corrected chi connectivity index (χ0v) is 11.0. The van der Waals surface area contributed by atoms with Crippen LogP contribution in [-0.2, 0) is 6.42 Å². The lowest BCUT2D eigenvalue weighted by Crippen LogP contribution is -2.33. The minimum atomic E-state index is -0.245. The molecule has 100 valence electrons. The van der Waals surface area contributed by atoms with E-state index >= 15 is 0 Å². The van der Waals surface area contributed by atoms with E-state index in [1.165, 1.54) is 51.1 Å². The molecule has 0 unspecified atom stereocenters. The summed E-state index contributed by atoms with van der Waals surface area (Å²) in [5, 5.41) is 0. The monoisotopic (exact) mass is 250 g/mol. The van der Waals surface area contributed by atoms with E-state index in [1.807, 2.05) is 0 Å². The van der Waals surface area contributed by atoms with Crippen LogP contribution in [0.15, 0.2) is 18.5 Å². The fraction of sp³-hybridized carbons (Fsp3) is 0.667. The maximum absolute atomic E-state index is 13.2. The van der Waals surface area contributed by atoms with Gasteiger partial charge < -0.3 is 5.73 Å². The molecule has 0 radical (unpaired) electrons. The molecule has 1 fully saturated rings. The van der Waals surface area contributed by atoms with Gasteiger partial charge in [0, 0.05) is 6.20 Å². The molecule has 2 N–H and O–H groups in total. The number of hydrogen-bond donors (Lipinski definition) is 1. The molecule has 1 heterocycles. The average Bonchev–Trinajstić information content (AvgIpc) is 2.33. The van der Waals surface area contributed by atoms with Crippen LogP contribution in [0.2, 0.25) is 0 Å². The summed E-state index contributed by atoms with van der Waals surface area (Å²) in [6.07, 6.45) is 12.7. The molecule has 2 nitrogen and oxygen atoms in total. The highest BCUT2D eigenvalue weighted by Crippen LogP contribution is 2.36. The summed E-state index contributed by atoms with van der Waals surface area (Å²) in [4.78, 5) is 3.94. The van der Waals surface area contributed by atoms with Crippen molar-refractivity contribution in [3.05, 3.63) is 29.8 Å². The van der Waals surface area contributed by atoms with E-state index in [0.717, 1.165) is 12.0 Å². The molecule has 0 atom stereocenters. The Morgan fingerprint density at radius 2 is 1.78 bits per heavy atom. The van der Waals surface area contributed by atoms with E-state index in [-0.39, 0.29) is 11.2 Å². The predicted molar refractivity (Wildman–Crippen MR) is 71.7 cm³/mol. The molecule has 0 aromatic carbocycles. The molecule has 3 heteroatoms. The van der Waals surface area contributed by atoms with Gasteiger partial charge in [0.15, 0.2) is 0 Å². The second kappa shape index (κ2) is 6.28. The van der Waals surface area contributed by atoms with Crippen LogP contribution in [0, 0.1) is 11.2 Å². The van der Waals surface area contributed by atoms with Crippen LogP contribution >= 0.6 is 0 Å². The summed E-state index contributed by atoms with van der Waals surface area (Å²) in [5.74, 6) is -0.245. The van der Waals surface area contributed by atoms with Gasteiger partial charge in [0.25, 0.3) is 0 Å². The number of rotatable bonds is 3. The van der Waals surface area contributed by atoms with E-state index in [0.29, 0.717) is 6.54 Å². The van der Waals surface area contributed by atoms with Crippen molar-refractivity contribution in [3.8, 4) is 0 Å². The zero-order chi connectivity index (χ0) is 12.8. The predicted octanol–water partition coefficient (Wildman–Crippen LogP) is 3.45. The van der Waals surface area contributed by atoms with Crippen LogP contribution in [0.25, 0.3) is 0 Å². The smallest absolute Gasteiger partial charge is 0.141 e. The average molecular weight is 250 g/mol. The SMILES string of the molecule is NCC1(Cc2cncc(F)c2)CCCCCCC1. The number of halogens is 1. The molecule has 1 aromatic rings. The van der Waals surface area contributed by atoms with Crippen LogP contribution in [0.4, 0.5) is 4.39 Å². The van der Waals surface area contributed by atoms with Crippen molar-refractivity contribution >= 4 is 0 Å². The molecule has 1 aliphatic rings. The summed E-state index contributed by atoms with van der Waals surface area (Å²) in [7, 11) is 0. The Kier molecular flexibility index (Phi) is 4.70. The molecule has 0 aliphatic heterocycles. The van der Waals surface area contributed by atoms with Crippen molar-refractivity contribution in [1.29, 1.82) is 0 Å². The molecule has 1 aromatic heterocycles. The van der Waals surface area contributed by atoms with E-state index in [1.54, 1.807) is 12.3 Å². The van der Waals surface area contributed by atoms with E-state index in [9.17, 15) is 4.39 Å². The number of aromatic nitrogens is 1. The standard InChI is InChI=1S/C15H23FN2/c16-14-8-13(10-18-11-14)9-15(12-17)6-4-2-1-3-5-7-15/h8,10-11H,1-7,9,12,17H2. The Bertz CT molecular complexity index is 371. The maximum Gasteiger partial charge on any atom is 0.141 e. The molecule has 2 rings (SSSR count). The van der Waals surface area contributed by atoms with Crippen molar-refractivity contribution in [2.45, 2.75) is 51.4 Å². The zero-order valence-electron chi connectivity index (χ0n) is 11.0. The lowest BCUT2D eigenvalue weighted by molar-refractivity contribution is 0.216. The van der Waals surface area contributed by atoms with Crippen molar-refractivity contribution in [2.24, 2.45) is 11.1 Å². The third-order valence-corrected chi connectivity index (χ3v) is 4.19. The molecule has 1 saturated carbocycles. The number of pyridine rings is 1. The van der Waals surface area contributed by atoms with Crippen LogP contribution in [0.3, 0.4) is 0 Å². The van der Waals surface area contributed by atoms with Crippen molar-refractivity contribution in [3.63, 3.8) is 0 Å². The van der Waals surface area contributed by atoms with Crippen molar-refractivity contribution in [2.75, 3.05) is 6.54 Å². The van der Waals surface area contributed by atoms with Gasteiger partial charge in [-0.15, -0.1) is 0 Å². The summed E-state index contributed by atoms with van der Waals surface area (Å²) in [5.41, 5.74) is 7.18. The molecule has 18 heavy (non-hydrogen) atoms. The first-order valence-electron chi connectivity index (χ1n) is 7.04. The summed E-state index contributed by atoms with van der Waals surface area (Å²) < 4.78 is 13.2. The highest BCUT2D eigenvalue weighted by atomic mass is 19.1. The summed E-state index contributed by atoms with van der Waals surface area (Å²) >= 11 is 0. The lowest BCUT2D eigenvalue weighted by atomic mass is 9.72. The minimum Gasteiger partial charge on any atom is -0.330 e. The van der Waals surface area contributed by atoms with Gasteiger partial charge in [-0.25, -0.2) is 4.39 Å². The fourth-order valence-corrected chi connectivity index (χ4v) is 3.09. The molecular weight excluding hydrogens is 227 g/mol. The van der Waals surface area contributed by atoms with E-state index < -0.39 is 0 Å². The Morgan fingerprint density at radius 3 is 2.39 bits per heavy atom. The molecule has 1 aliphatic carbocycles. The van der Waals surface area contributed by atoms with Crippen LogP contribution in [0.1, 0.15) is 50.5 Å². The Morgan fingerprint density at radius 1 is 1.11 bits per heavy atom. The first-order chi connectivity index (χ1) is 8.74. The van der Waals surface area contributed by atoms with Gasteiger partial charge in [-0.2, -0.15) is 0 Å². The Labute approximate surface area is 109 Å². The van der Waals surface area contributed by atoms with Gasteiger partial charge >= 0.3 is 0 Å². The van der Waals surface area contributed by atoms with Crippen molar-refractivity contribution in [1.82, 2.24) is 4.98 Å². The summed E-state index contributed by atoms with van der Waals surface area (Å²) in [6, 6.07) is 1.60. The van der Waals surface area contributed by atoms with Gasteiger partial charge in [-0.05, 0) is 42.9 Å². The van der Waals surface area contributed by atoms with Gasteiger partial charge in [0.1, 0.15) is 5.82 Å². The van der Waals surface area contributed by atoms with Gasteiger partial charge in [-0.1, -0.05) is 32.1 Å². The first-order valence-corrected chi connectivity index (χ1v) is 7.04. The molecule has 0 saturated heterocycles. The maximum atomic E-state index is 13.2. The van der Waals surface area contributed by atoms with Crippen LogP contribution < -0.4 is 5.73 Å². The quantitative estimate of drug-likeness (QED) is 0.892. The largest absolute Gasteiger partial charge is 0.330 e. The minimum absolute atomic E-state index is 0.163. The third kappa shape index (κ3) is 3.52. The van der Waals surface area contributed by atoms with Crippen molar-refractivity contribution < 1.29 is 4.39 Å². The number of hydrogen-bond acceptors (Lipinski definition) is 2. The lowest BCUT2D eigenvalue weighted by Gasteiger charge is -2.34. The normalized spacial score (nSPS) is 20.1. The number of nitrogens with two attached hydrogens (primary N) is 1. The molecular formula is C15H23FN2. The fourth-order valence-electron chi connectivity index (χ4n) is 3.09. The third-order valence-electron chi connectivity index (χ3n) is 4.19. The van der Waals surface area contributed by atoms with E-state index in [2.05, 4.69) is 4.98 Å². The second-order valence-corrected chi connectivity index (χ2v) is 5.66. The molecule has 0 spiro atoms. The summed E-state index contributed by atoms with van der Waals surface area (Å²) in [6.45, 7) is 0.698. The highest BCUT2D eigenvalue weighted by molar-refractivity contribution is 5.13. The Balaban J connectivity index is 2.10. The molecule has 0 amide bonds. The van der Waals surface area contributed by atoms with Gasteiger partial charge in [-0.3, -0.25) is 4.98 Å². The Hall–Kier alpha value is -0.960. The van der Waals surface area contributed by atoms with Crippen LogP contribution in [-0.4, -0.2) is 11.5 Å². The van der Waals surface area contributed by atoms with Crippen LogP contribution in [0.5, 0.6) is 0 Å². The van der Waals surface area contributed by atoms with Gasteiger partial charge in [0.05, 0.1) is 6.20 Å². The highest BCUT2D eigenvalue weighted by Gasteiger charge is 2.29. The van der Waals surface area contributed by atoms with E-state index in [4.69, 9.17) is 5.73 Å². The number of nitrogens with zero attached hydrogens (tertiary/aromatic N) is 1. The molecule has 0 bridgehead atoms. The van der Waals surface area contributed by atoms with Gasteiger partial charge in [0.2, 0.25) is 0 Å². The first kappa shape index (κ1) is 13.5. The topological polar surface area (TPSA) is 38.9 Å².